The molecule has 0 unspecified atom stereocenters. The third-order valence-corrected chi connectivity index (χ3v) is 9.53. The average molecular weight is 578 g/mol. The fourth-order valence-electron chi connectivity index (χ4n) is 6.96. The maximum absolute atomic E-state index is 14.0. The Hall–Kier alpha value is -2.13. The molecule has 3 aliphatic heterocycles. The number of likely N-dealkylation sites (tertiary alicyclic amines) is 1. The van der Waals surface area contributed by atoms with Gasteiger partial charge in [-0.2, -0.15) is 0 Å². The first-order valence-electron chi connectivity index (χ1n) is 13.9. The Morgan fingerprint density at radius 1 is 1.13 bits per heavy atom. The minimum atomic E-state index is -1.18. The van der Waals surface area contributed by atoms with Crippen LogP contribution in [0.2, 0.25) is 10.0 Å². The van der Waals surface area contributed by atoms with Gasteiger partial charge in [0, 0.05) is 28.3 Å². The van der Waals surface area contributed by atoms with Crippen LogP contribution < -0.4 is 10.6 Å². The number of anilines is 1. The van der Waals surface area contributed by atoms with Crippen LogP contribution >= 0.6 is 23.2 Å². The molecule has 5 rings (SSSR count). The summed E-state index contributed by atoms with van der Waals surface area (Å²) >= 11 is 12.3. The highest BCUT2D eigenvalue weighted by atomic mass is 35.5. The molecule has 1 saturated carbocycles. The third-order valence-electron chi connectivity index (χ3n) is 9.09. The Labute approximate surface area is 240 Å². The molecule has 1 aromatic rings. The maximum Gasteiger partial charge on any atom is 0.246 e. The fourth-order valence-corrected chi connectivity index (χ4v) is 7.49. The van der Waals surface area contributed by atoms with E-state index in [9.17, 15) is 14.4 Å². The van der Waals surface area contributed by atoms with Gasteiger partial charge in [-0.15, -0.1) is 0 Å². The van der Waals surface area contributed by atoms with Gasteiger partial charge in [-0.3, -0.25) is 14.4 Å². The van der Waals surface area contributed by atoms with E-state index >= 15 is 0 Å². The van der Waals surface area contributed by atoms with Crippen LogP contribution in [0, 0.1) is 23.7 Å². The Morgan fingerprint density at radius 2 is 1.85 bits per heavy atom. The number of fused-ring (bicyclic) bond motifs is 1. The van der Waals surface area contributed by atoms with Crippen molar-refractivity contribution in [1.82, 2.24) is 15.1 Å². The molecule has 2 bridgehead atoms. The Kier molecular flexibility index (Phi) is 8.04. The number of hydrogen-bond donors (Lipinski definition) is 2. The second kappa shape index (κ2) is 11.0. The number of halogens is 2. The number of benzene rings is 1. The summed E-state index contributed by atoms with van der Waals surface area (Å²) in [7, 11) is 3.95. The van der Waals surface area contributed by atoms with Gasteiger partial charge in [0.05, 0.1) is 17.9 Å². The topological polar surface area (TPSA) is 91.0 Å². The lowest BCUT2D eigenvalue weighted by Crippen LogP contribution is -2.58. The second-order valence-electron chi connectivity index (χ2n) is 11.9. The molecule has 0 radical (unpaired) electrons. The molecule has 8 nitrogen and oxygen atoms in total. The summed E-state index contributed by atoms with van der Waals surface area (Å²) in [6.45, 7) is 5.59. The van der Waals surface area contributed by atoms with E-state index in [0.717, 1.165) is 25.8 Å². The van der Waals surface area contributed by atoms with Gasteiger partial charge in [0.15, 0.2) is 0 Å². The first-order chi connectivity index (χ1) is 18.5. The lowest BCUT2D eigenvalue weighted by Gasteiger charge is -2.38. The Balaban J connectivity index is 1.43. The van der Waals surface area contributed by atoms with Crippen molar-refractivity contribution in [1.29, 1.82) is 0 Å². The lowest BCUT2D eigenvalue weighted by molar-refractivity contribution is -0.141. The first-order valence-corrected chi connectivity index (χ1v) is 14.7. The molecule has 10 heteroatoms. The van der Waals surface area contributed by atoms with Crippen molar-refractivity contribution in [3.8, 4) is 0 Å². The molecular formula is C29H38Cl2N4O4. The summed E-state index contributed by atoms with van der Waals surface area (Å²) in [4.78, 5) is 45.4. The molecule has 1 aromatic carbocycles. The Bertz CT molecular complexity index is 1160. The zero-order valence-electron chi connectivity index (χ0n) is 23.0. The van der Waals surface area contributed by atoms with E-state index in [-0.39, 0.29) is 23.8 Å². The van der Waals surface area contributed by atoms with Gasteiger partial charge < -0.3 is 25.2 Å². The molecule has 2 N–H and O–H groups in total. The van der Waals surface area contributed by atoms with Crippen LogP contribution in [0.5, 0.6) is 0 Å². The largest absolute Gasteiger partial charge is 0.359 e. The minimum absolute atomic E-state index is 0.0460. The molecule has 3 fully saturated rings. The maximum atomic E-state index is 14.0. The Morgan fingerprint density at radius 3 is 2.54 bits per heavy atom. The summed E-state index contributed by atoms with van der Waals surface area (Å²) in [5.74, 6) is -1.47. The van der Waals surface area contributed by atoms with Crippen LogP contribution in [0.25, 0.3) is 0 Å². The molecule has 2 saturated heterocycles. The molecule has 8 atom stereocenters. The number of nitrogens with one attached hydrogen (secondary N) is 2. The van der Waals surface area contributed by atoms with E-state index in [4.69, 9.17) is 27.9 Å². The molecule has 39 heavy (non-hydrogen) atoms. The van der Waals surface area contributed by atoms with Crippen LogP contribution in [0.3, 0.4) is 0 Å². The SMILES string of the molecule is C[C@H]1[C@H](C)CCC[C@@H]1NC(=O)[C@@H]1N(CCCN(C)C)C(=O)[C@H]2[C@H](C(=O)Nc3cc(Cl)cc(Cl)c3)[C@H]3C=C[C@@]12O3. The quantitative estimate of drug-likeness (QED) is 0.457. The van der Waals surface area contributed by atoms with Gasteiger partial charge in [-0.05, 0) is 63.5 Å². The predicted octanol–water partition coefficient (Wildman–Crippen LogP) is 3.98. The van der Waals surface area contributed by atoms with Gasteiger partial charge in [0.2, 0.25) is 17.7 Å². The summed E-state index contributed by atoms with van der Waals surface area (Å²) in [5.41, 5.74) is -0.733. The summed E-state index contributed by atoms with van der Waals surface area (Å²) in [6, 6.07) is 4.02. The standard InChI is InChI=1S/C29H38Cl2N4O4/c1-16-7-5-8-21(17(16)2)33-27(37)25-29-10-9-22(39-29)23(24(29)28(38)35(25)12-6-11-34(3)4)26(36)32-20-14-18(30)13-19(31)15-20/h9-10,13-17,21-25H,5-8,11-12H2,1-4H3,(H,32,36)(H,33,37)/t16-,17+,21+,22-,23-,24-,25+,29+/m1/s1. The fraction of sp³-hybridized carbons (Fsp3) is 0.621. The van der Waals surface area contributed by atoms with E-state index in [1.54, 1.807) is 23.1 Å². The summed E-state index contributed by atoms with van der Waals surface area (Å²) < 4.78 is 6.44. The zero-order valence-corrected chi connectivity index (χ0v) is 24.5. The number of carbonyl (C=O) groups excluding carboxylic acids is 3. The van der Waals surface area contributed by atoms with Crippen molar-refractivity contribution in [2.45, 2.75) is 63.3 Å². The van der Waals surface area contributed by atoms with Crippen molar-refractivity contribution >= 4 is 46.6 Å². The number of carbonyl (C=O) groups is 3. The molecule has 212 valence electrons. The van der Waals surface area contributed by atoms with Gasteiger partial charge in [-0.25, -0.2) is 0 Å². The number of amides is 3. The zero-order chi connectivity index (χ0) is 28.1. The molecule has 1 aliphatic carbocycles. The van der Waals surface area contributed by atoms with Gasteiger partial charge >= 0.3 is 0 Å². The number of nitrogens with zero attached hydrogens (tertiary/aromatic N) is 2. The van der Waals surface area contributed by atoms with Gasteiger partial charge in [-0.1, -0.05) is 62.0 Å². The summed E-state index contributed by atoms with van der Waals surface area (Å²) in [5, 5.41) is 6.95. The third kappa shape index (κ3) is 5.21. The first kappa shape index (κ1) is 28.4. The number of ether oxygens (including phenoxy) is 1. The minimum Gasteiger partial charge on any atom is -0.359 e. The second-order valence-corrected chi connectivity index (χ2v) is 12.8. The number of hydrogen-bond acceptors (Lipinski definition) is 5. The smallest absolute Gasteiger partial charge is 0.246 e. The lowest BCUT2D eigenvalue weighted by atomic mass is 9.73. The van der Waals surface area contributed by atoms with E-state index in [1.807, 2.05) is 31.1 Å². The molecule has 1 spiro atoms. The molecular weight excluding hydrogens is 539 g/mol. The summed E-state index contributed by atoms with van der Waals surface area (Å²) in [6.07, 6.45) is 6.92. The van der Waals surface area contributed by atoms with Crippen molar-refractivity contribution in [3.05, 3.63) is 40.4 Å². The molecule has 0 aromatic heterocycles. The van der Waals surface area contributed by atoms with Crippen LogP contribution in [0.4, 0.5) is 5.69 Å². The van der Waals surface area contributed by atoms with Gasteiger partial charge in [0.1, 0.15) is 11.6 Å². The predicted molar refractivity (Wildman–Crippen MR) is 152 cm³/mol. The number of rotatable bonds is 8. The van der Waals surface area contributed by atoms with Crippen molar-refractivity contribution in [2.75, 3.05) is 32.5 Å². The highest BCUT2D eigenvalue weighted by Gasteiger charge is 2.72. The average Bonchev–Trinajstić information content (AvgIpc) is 3.49. The van der Waals surface area contributed by atoms with Crippen molar-refractivity contribution in [2.24, 2.45) is 23.7 Å². The van der Waals surface area contributed by atoms with Crippen molar-refractivity contribution < 1.29 is 19.1 Å². The monoisotopic (exact) mass is 576 g/mol. The van der Waals surface area contributed by atoms with Crippen molar-refractivity contribution in [3.63, 3.8) is 0 Å². The van der Waals surface area contributed by atoms with Crippen LogP contribution in [-0.4, -0.2) is 78.5 Å². The molecule has 3 amide bonds. The van der Waals surface area contributed by atoms with Crippen LogP contribution in [-0.2, 0) is 19.1 Å². The van der Waals surface area contributed by atoms with E-state index in [1.165, 1.54) is 0 Å². The highest BCUT2D eigenvalue weighted by Crippen LogP contribution is 2.55. The highest BCUT2D eigenvalue weighted by molar-refractivity contribution is 6.35. The molecule has 4 aliphatic rings. The molecule has 3 heterocycles. The van der Waals surface area contributed by atoms with E-state index in [0.29, 0.717) is 40.5 Å². The normalized spacial score (nSPS) is 35.0. The van der Waals surface area contributed by atoms with E-state index in [2.05, 4.69) is 24.5 Å². The van der Waals surface area contributed by atoms with Crippen LogP contribution in [0.1, 0.15) is 39.5 Å². The van der Waals surface area contributed by atoms with E-state index < -0.39 is 29.6 Å². The van der Waals surface area contributed by atoms with Crippen LogP contribution in [0.15, 0.2) is 30.4 Å². The van der Waals surface area contributed by atoms with Gasteiger partial charge in [0.25, 0.3) is 0 Å².